The van der Waals surface area contributed by atoms with Crippen molar-refractivity contribution in [2.75, 3.05) is 39.8 Å². The summed E-state index contributed by atoms with van der Waals surface area (Å²) in [5.41, 5.74) is -0.272. The number of rotatable bonds is 8. The van der Waals surface area contributed by atoms with Crippen molar-refractivity contribution >= 4 is 10.2 Å². The third kappa shape index (κ3) is 4.39. The SMILES string of the molecule is CCNCC1CCCN(S(=O)(=O)NCC2(OC)CCC2)C1. The number of nitrogens with zero attached hydrogens (tertiary/aromatic N) is 1. The Balaban J connectivity index is 1.86. The molecule has 1 heterocycles. The third-order valence-corrected chi connectivity index (χ3v) is 6.30. The minimum atomic E-state index is -3.39. The van der Waals surface area contributed by atoms with Gasteiger partial charge in [-0.2, -0.15) is 17.4 Å². The van der Waals surface area contributed by atoms with E-state index in [2.05, 4.69) is 17.0 Å². The minimum absolute atomic E-state index is 0.272. The molecule has 1 unspecified atom stereocenters. The molecule has 0 aromatic carbocycles. The zero-order valence-corrected chi connectivity index (χ0v) is 14.0. The Hall–Kier alpha value is -0.210. The van der Waals surface area contributed by atoms with Crippen LogP contribution in [0.4, 0.5) is 0 Å². The number of hydrogen-bond acceptors (Lipinski definition) is 4. The molecule has 21 heavy (non-hydrogen) atoms. The molecule has 0 radical (unpaired) electrons. The largest absolute Gasteiger partial charge is 0.377 e. The van der Waals surface area contributed by atoms with Gasteiger partial charge in [-0.3, -0.25) is 0 Å². The predicted molar refractivity (Wildman–Crippen MR) is 83.4 cm³/mol. The lowest BCUT2D eigenvalue weighted by Gasteiger charge is -2.41. The molecule has 0 spiro atoms. The average Bonchev–Trinajstić information content (AvgIpc) is 2.45. The molecule has 1 aliphatic heterocycles. The maximum atomic E-state index is 12.4. The van der Waals surface area contributed by atoms with Crippen molar-refractivity contribution in [1.82, 2.24) is 14.3 Å². The second kappa shape index (κ2) is 7.37. The highest BCUT2D eigenvalue weighted by Crippen LogP contribution is 2.34. The van der Waals surface area contributed by atoms with E-state index in [4.69, 9.17) is 4.74 Å². The minimum Gasteiger partial charge on any atom is -0.377 e. The van der Waals surface area contributed by atoms with Crippen LogP contribution in [0.1, 0.15) is 39.0 Å². The third-order valence-electron chi connectivity index (χ3n) is 4.78. The van der Waals surface area contributed by atoms with Gasteiger partial charge in [0.1, 0.15) is 0 Å². The highest BCUT2D eigenvalue weighted by atomic mass is 32.2. The Morgan fingerprint density at radius 3 is 2.67 bits per heavy atom. The van der Waals surface area contributed by atoms with Gasteiger partial charge in [-0.15, -0.1) is 0 Å². The second-order valence-electron chi connectivity index (χ2n) is 6.24. The molecule has 0 aromatic rings. The van der Waals surface area contributed by atoms with E-state index in [1.807, 2.05) is 0 Å². The standard InChI is InChI=1S/C14H29N3O3S/c1-3-15-10-13-6-4-9-17(11-13)21(18,19)16-12-14(20-2)7-5-8-14/h13,15-16H,3-12H2,1-2H3. The number of methoxy groups -OCH3 is 1. The van der Waals surface area contributed by atoms with Crippen molar-refractivity contribution in [3.8, 4) is 0 Å². The summed E-state index contributed by atoms with van der Waals surface area (Å²) in [4.78, 5) is 0. The molecule has 0 bridgehead atoms. The maximum absolute atomic E-state index is 12.4. The van der Waals surface area contributed by atoms with Crippen LogP contribution >= 0.6 is 0 Å². The summed E-state index contributed by atoms with van der Waals surface area (Å²) >= 11 is 0. The van der Waals surface area contributed by atoms with Crippen molar-refractivity contribution in [1.29, 1.82) is 0 Å². The van der Waals surface area contributed by atoms with E-state index in [9.17, 15) is 8.42 Å². The highest BCUT2D eigenvalue weighted by Gasteiger charge is 2.39. The van der Waals surface area contributed by atoms with Gasteiger partial charge in [-0.05, 0) is 51.1 Å². The summed E-state index contributed by atoms with van der Waals surface area (Å²) in [5.74, 6) is 0.412. The van der Waals surface area contributed by atoms with Crippen LogP contribution < -0.4 is 10.0 Å². The summed E-state index contributed by atoms with van der Waals surface area (Å²) < 4.78 is 34.7. The summed E-state index contributed by atoms with van der Waals surface area (Å²) in [6.07, 6.45) is 5.03. The number of ether oxygens (including phenoxy) is 1. The van der Waals surface area contributed by atoms with Crippen LogP contribution in [0.25, 0.3) is 0 Å². The van der Waals surface area contributed by atoms with Crippen molar-refractivity contribution in [3.63, 3.8) is 0 Å². The van der Waals surface area contributed by atoms with E-state index in [0.717, 1.165) is 45.2 Å². The Labute approximate surface area is 128 Å². The van der Waals surface area contributed by atoms with Gasteiger partial charge in [0.05, 0.1) is 5.60 Å². The van der Waals surface area contributed by atoms with Gasteiger partial charge in [-0.25, -0.2) is 0 Å². The quantitative estimate of drug-likeness (QED) is 0.691. The maximum Gasteiger partial charge on any atom is 0.279 e. The number of piperidine rings is 1. The van der Waals surface area contributed by atoms with Crippen molar-refractivity contribution in [2.45, 2.75) is 44.6 Å². The van der Waals surface area contributed by atoms with Crippen molar-refractivity contribution in [3.05, 3.63) is 0 Å². The van der Waals surface area contributed by atoms with Crippen LogP contribution in [0.5, 0.6) is 0 Å². The van der Waals surface area contributed by atoms with Crippen LogP contribution in [0.3, 0.4) is 0 Å². The molecule has 124 valence electrons. The lowest BCUT2D eigenvalue weighted by Crippen LogP contribution is -2.54. The van der Waals surface area contributed by atoms with E-state index in [-0.39, 0.29) is 5.60 Å². The number of hydrogen-bond donors (Lipinski definition) is 2. The molecule has 7 heteroatoms. The normalized spacial score (nSPS) is 26.5. The lowest BCUT2D eigenvalue weighted by atomic mass is 9.80. The number of nitrogens with one attached hydrogen (secondary N) is 2. The van der Waals surface area contributed by atoms with E-state index in [1.165, 1.54) is 0 Å². The molecular formula is C14H29N3O3S. The van der Waals surface area contributed by atoms with E-state index in [0.29, 0.717) is 25.6 Å². The molecular weight excluding hydrogens is 290 g/mol. The Bertz CT molecular complexity index is 418. The first kappa shape index (κ1) is 17.1. The van der Waals surface area contributed by atoms with Gasteiger partial charge in [0.15, 0.2) is 0 Å². The Morgan fingerprint density at radius 1 is 1.33 bits per heavy atom. The van der Waals surface area contributed by atoms with Gasteiger partial charge >= 0.3 is 0 Å². The Morgan fingerprint density at radius 2 is 2.10 bits per heavy atom. The average molecular weight is 319 g/mol. The molecule has 2 rings (SSSR count). The fraction of sp³-hybridized carbons (Fsp3) is 1.00. The molecule has 0 aromatic heterocycles. The van der Waals surface area contributed by atoms with Gasteiger partial charge in [0.2, 0.25) is 0 Å². The van der Waals surface area contributed by atoms with Gasteiger partial charge in [-0.1, -0.05) is 6.92 Å². The first-order valence-electron chi connectivity index (χ1n) is 8.02. The van der Waals surface area contributed by atoms with E-state index in [1.54, 1.807) is 11.4 Å². The van der Waals surface area contributed by atoms with Crippen LogP contribution in [0, 0.1) is 5.92 Å². The van der Waals surface area contributed by atoms with Crippen molar-refractivity contribution in [2.24, 2.45) is 5.92 Å². The van der Waals surface area contributed by atoms with Crippen LogP contribution in [-0.2, 0) is 14.9 Å². The molecule has 1 atom stereocenters. The summed E-state index contributed by atoms with van der Waals surface area (Å²) in [6, 6.07) is 0. The summed E-state index contributed by atoms with van der Waals surface area (Å²) in [5, 5.41) is 3.31. The summed E-state index contributed by atoms with van der Waals surface area (Å²) in [7, 11) is -1.72. The van der Waals surface area contributed by atoms with Crippen LogP contribution in [-0.4, -0.2) is 58.2 Å². The van der Waals surface area contributed by atoms with Crippen molar-refractivity contribution < 1.29 is 13.2 Å². The van der Waals surface area contributed by atoms with Crippen LogP contribution in [0.15, 0.2) is 0 Å². The molecule has 2 fully saturated rings. The van der Waals surface area contributed by atoms with Gasteiger partial charge in [0, 0.05) is 26.7 Å². The zero-order chi connectivity index (χ0) is 15.3. The first-order valence-corrected chi connectivity index (χ1v) is 9.46. The fourth-order valence-electron chi connectivity index (χ4n) is 3.10. The molecule has 0 amide bonds. The molecule has 2 N–H and O–H groups in total. The summed E-state index contributed by atoms with van der Waals surface area (Å²) in [6.45, 7) is 5.52. The first-order chi connectivity index (χ1) is 10.0. The fourth-order valence-corrected chi connectivity index (χ4v) is 4.50. The second-order valence-corrected chi connectivity index (χ2v) is 8.00. The molecule has 1 saturated heterocycles. The smallest absolute Gasteiger partial charge is 0.279 e. The monoisotopic (exact) mass is 319 g/mol. The van der Waals surface area contributed by atoms with Gasteiger partial charge in [0.25, 0.3) is 10.2 Å². The molecule has 1 saturated carbocycles. The topological polar surface area (TPSA) is 70.7 Å². The van der Waals surface area contributed by atoms with Crippen LogP contribution in [0.2, 0.25) is 0 Å². The lowest BCUT2D eigenvalue weighted by molar-refractivity contribution is -0.0661. The molecule has 1 aliphatic carbocycles. The highest BCUT2D eigenvalue weighted by molar-refractivity contribution is 7.87. The van der Waals surface area contributed by atoms with E-state index >= 15 is 0 Å². The van der Waals surface area contributed by atoms with Gasteiger partial charge < -0.3 is 10.1 Å². The molecule has 2 aliphatic rings. The zero-order valence-electron chi connectivity index (χ0n) is 13.2. The van der Waals surface area contributed by atoms with E-state index < -0.39 is 10.2 Å². The molecule has 6 nitrogen and oxygen atoms in total. The predicted octanol–water partition coefficient (Wildman–Crippen LogP) is 0.711. The Kier molecular flexibility index (Phi) is 6.02.